The predicted molar refractivity (Wildman–Crippen MR) is 245 cm³/mol. The van der Waals surface area contributed by atoms with Crippen molar-refractivity contribution in [1.82, 2.24) is 28.9 Å². The van der Waals surface area contributed by atoms with E-state index in [-0.39, 0.29) is 0 Å². The predicted octanol–water partition coefficient (Wildman–Crippen LogP) is 13.3. The molecule has 60 heavy (non-hydrogen) atoms. The topological polar surface area (TPSA) is 60.9 Å². The number of hydrogen-bond donors (Lipinski definition) is 0. The maximum absolute atomic E-state index is 5.55. The molecule has 0 radical (unpaired) electrons. The second kappa shape index (κ2) is 13.7. The molecule has 0 atom stereocenters. The number of fused-ring (bicyclic) bond motifs is 10. The van der Waals surface area contributed by atoms with E-state index in [1.54, 1.807) is 0 Å². The Bertz CT molecular complexity index is 3500. The fourth-order valence-electron chi connectivity index (χ4n) is 8.85. The van der Waals surface area contributed by atoms with Crippen molar-refractivity contribution >= 4 is 49.0 Å². The highest BCUT2D eigenvalue weighted by molar-refractivity contribution is 6.28. The van der Waals surface area contributed by atoms with Crippen molar-refractivity contribution in [2.24, 2.45) is 0 Å². The standard InChI is InChI=1S/C54H34N6/c1-5-17-35(18-6-1)36-29-31-40(32-30-36)53-55-48(37-19-7-2-8-20-37)50-44-34-33-42-41-25-13-15-27-45(41)60(49(42)47(44)43-26-14-16-28-46(43)59(50)53)54-57-51(38-21-9-3-10-22-38)56-52(58-54)39-23-11-4-12-24-39/h1-34H. The normalized spacial score (nSPS) is 11.7. The molecule has 280 valence electrons. The van der Waals surface area contributed by atoms with E-state index in [1.807, 2.05) is 36.4 Å². The van der Waals surface area contributed by atoms with Crippen LogP contribution >= 0.6 is 0 Å². The molecule has 0 N–H and O–H groups in total. The van der Waals surface area contributed by atoms with Crippen molar-refractivity contribution in [2.45, 2.75) is 0 Å². The van der Waals surface area contributed by atoms with E-state index >= 15 is 0 Å². The van der Waals surface area contributed by atoms with Crippen LogP contribution in [0.1, 0.15) is 0 Å². The number of rotatable bonds is 6. The Labute approximate surface area is 345 Å². The summed E-state index contributed by atoms with van der Waals surface area (Å²) in [6.07, 6.45) is 0. The molecule has 0 aliphatic heterocycles. The first-order chi connectivity index (χ1) is 29.8. The number of para-hydroxylation sites is 2. The van der Waals surface area contributed by atoms with Gasteiger partial charge in [-0.2, -0.15) is 9.97 Å². The Morgan fingerprint density at radius 1 is 0.300 bits per heavy atom. The summed E-state index contributed by atoms with van der Waals surface area (Å²) in [6.45, 7) is 0. The van der Waals surface area contributed by atoms with E-state index in [2.05, 4.69) is 179 Å². The summed E-state index contributed by atoms with van der Waals surface area (Å²) in [6, 6.07) is 72.0. The van der Waals surface area contributed by atoms with Crippen LogP contribution in [-0.2, 0) is 0 Å². The molecule has 0 spiro atoms. The van der Waals surface area contributed by atoms with Crippen molar-refractivity contribution in [3.05, 3.63) is 206 Å². The van der Waals surface area contributed by atoms with Crippen LogP contribution in [0, 0.1) is 0 Å². The van der Waals surface area contributed by atoms with E-state index in [0.717, 1.165) is 88.3 Å². The van der Waals surface area contributed by atoms with Gasteiger partial charge in [0.1, 0.15) is 5.82 Å². The van der Waals surface area contributed by atoms with Crippen LogP contribution in [0.2, 0.25) is 0 Å². The molecule has 4 aromatic heterocycles. The summed E-state index contributed by atoms with van der Waals surface area (Å²) in [5.74, 6) is 2.67. The number of hydrogen-bond acceptors (Lipinski definition) is 4. The second-order valence-electron chi connectivity index (χ2n) is 15.0. The molecule has 0 aliphatic rings. The summed E-state index contributed by atoms with van der Waals surface area (Å²) in [7, 11) is 0. The molecule has 6 nitrogen and oxygen atoms in total. The zero-order valence-corrected chi connectivity index (χ0v) is 32.3. The lowest BCUT2D eigenvalue weighted by molar-refractivity contribution is 0.955. The lowest BCUT2D eigenvalue weighted by atomic mass is 9.99. The molecule has 0 bridgehead atoms. The van der Waals surface area contributed by atoms with Gasteiger partial charge in [-0.25, -0.2) is 9.97 Å². The Morgan fingerprint density at radius 3 is 1.42 bits per heavy atom. The Morgan fingerprint density at radius 2 is 0.783 bits per heavy atom. The molecule has 12 aromatic rings. The molecule has 0 aliphatic carbocycles. The van der Waals surface area contributed by atoms with Gasteiger partial charge < -0.3 is 0 Å². The van der Waals surface area contributed by atoms with Crippen molar-refractivity contribution in [1.29, 1.82) is 0 Å². The maximum Gasteiger partial charge on any atom is 0.238 e. The van der Waals surface area contributed by atoms with Crippen molar-refractivity contribution < 1.29 is 0 Å². The first-order valence-corrected chi connectivity index (χ1v) is 20.2. The van der Waals surface area contributed by atoms with Gasteiger partial charge in [0.15, 0.2) is 11.6 Å². The molecule has 8 aromatic carbocycles. The number of nitrogens with zero attached hydrogens (tertiary/aromatic N) is 6. The molecular formula is C54H34N6. The SMILES string of the molecule is c1ccc(-c2ccc(-c3nc(-c4ccccc4)c4c5ccc6c7ccccc7n(-c7nc(-c8ccccc8)nc(-c8ccccc8)n7)c6c5c5ccccc5n34)cc2)cc1. The van der Waals surface area contributed by atoms with Gasteiger partial charge in [-0.3, -0.25) is 8.97 Å². The number of pyridine rings is 1. The molecule has 0 unspecified atom stereocenters. The number of benzene rings is 8. The first-order valence-electron chi connectivity index (χ1n) is 20.2. The van der Waals surface area contributed by atoms with E-state index < -0.39 is 0 Å². The fraction of sp³-hybridized carbons (Fsp3) is 0. The Hall–Kier alpha value is -8.22. The molecule has 0 fully saturated rings. The van der Waals surface area contributed by atoms with Gasteiger partial charge in [0, 0.05) is 49.2 Å². The fourth-order valence-corrected chi connectivity index (χ4v) is 8.85. The smallest absolute Gasteiger partial charge is 0.238 e. The van der Waals surface area contributed by atoms with E-state index in [0.29, 0.717) is 17.6 Å². The van der Waals surface area contributed by atoms with Crippen LogP contribution in [0.5, 0.6) is 0 Å². The highest BCUT2D eigenvalue weighted by atomic mass is 15.2. The van der Waals surface area contributed by atoms with E-state index in [9.17, 15) is 0 Å². The molecule has 0 saturated heterocycles. The second-order valence-corrected chi connectivity index (χ2v) is 15.0. The van der Waals surface area contributed by atoms with E-state index in [1.165, 1.54) is 5.56 Å². The lowest BCUT2D eigenvalue weighted by Crippen LogP contribution is -2.07. The zero-order chi connectivity index (χ0) is 39.6. The third-order valence-electron chi connectivity index (χ3n) is 11.6. The Kier molecular flexibility index (Phi) is 7.74. The average molecular weight is 767 g/mol. The Balaban J connectivity index is 1.22. The zero-order valence-electron chi connectivity index (χ0n) is 32.3. The van der Waals surface area contributed by atoms with Crippen LogP contribution in [0.15, 0.2) is 206 Å². The minimum atomic E-state index is 0.557. The third-order valence-corrected chi connectivity index (χ3v) is 11.6. The first kappa shape index (κ1) is 33.9. The molecule has 0 amide bonds. The highest BCUT2D eigenvalue weighted by Crippen LogP contribution is 2.44. The monoisotopic (exact) mass is 766 g/mol. The third kappa shape index (κ3) is 5.35. The van der Waals surface area contributed by atoms with Crippen molar-refractivity contribution in [2.75, 3.05) is 0 Å². The summed E-state index contributed by atoms with van der Waals surface area (Å²) in [5.41, 5.74) is 11.4. The number of imidazole rings is 1. The minimum absolute atomic E-state index is 0.557. The quantitative estimate of drug-likeness (QED) is 0.158. The molecule has 0 saturated carbocycles. The van der Waals surface area contributed by atoms with Gasteiger partial charge in [-0.15, -0.1) is 0 Å². The molecular weight excluding hydrogens is 733 g/mol. The summed E-state index contributed by atoms with van der Waals surface area (Å²) in [5, 5.41) is 5.54. The van der Waals surface area contributed by atoms with Crippen LogP contribution in [0.4, 0.5) is 0 Å². The van der Waals surface area contributed by atoms with Gasteiger partial charge in [-0.05, 0) is 23.3 Å². The average Bonchev–Trinajstić information content (AvgIpc) is 3.90. The maximum atomic E-state index is 5.55. The summed E-state index contributed by atoms with van der Waals surface area (Å²) >= 11 is 0. The van der Waals surface area contributed by atoms with Crippen LogP contribution < -0.4 is 0 Å². The van der Waals surface area contributed by atoms with E-state index in [4.69, 9.17) is 19.9 Å². The van der Waals surface area contributed by atoms with Gasteiger partial charge in [0.25, 0.3) is 0 Å². The summed E-state index contributed by atoms with van der Waals surface area (Å²) < 4.78 is 4.61. The van der Waals surface area contributed by atoms with Gasteiger partial charge >= 0.3 is 0 Å². The minimum Gasteiger partial charge on any atom is -0.291 e. The van der Waals surface area contributed by atoms with Gasteiger partial charge in [0.05, 0.1) is 27.8 Å². The largest absolute Gasteiger partial charge is 0.291 e. The molecule has 4 heterocycles. The van der Waals surface area contributed by atoms with Crippen LogP contribution in [-0.4, -0.2) is 28.9 Å². The lowest BCUT2D eigenvalue weighted by Gasteiger charge is -2.15. The van der Waals surface area contributed by atoms with Crippen LogP contribution in [0.3, 0.4) is 0 Å². The summed E-state index contributed by atoms with van der Waals surface area (Å²) in [4.78, 5) is 21.2. The van der Waals surface area contributed by atoms with Crippen molar-refractivity contribution in [3.63, 3.8) is 0 Å². The van der Waals surface area contributed by atoms with Crippen molar-refractivity contribution in [3.8, 4) is 62.5 Å². The number of aromatic nitrogens is 6. The molecule has 6 heteroatoms. The van der Waals surface area contributed by atoms with Gasteiger partial charge in [-0.1, -0.05) is 194 Å². The van der Waals surface area contributed by atoms with Gasteiger partial charge in [0.2, 0.25) is 5.95 Å². The molecule has 12 rings (SSSR count). The highest BCUT2D eigenvalue weighted by Gasteiger charge is 2.25. The van der Waals surface area contributed by atoms with Crippen LogP contribution in [0.25, 0.3) is 111 Å².